The highest BCUT2D eigenvalue weighted by Gasteiger charge is 2.41. The lowest BCUT2D eigenvalue weighted by molar-refractivity contribution is -0.143. The van der Waals surface area contributed by atoms with Crippen molar-refractivity contribution < 1.29 is 9.90 Å². The largest absolute Gasteiger partial charge is 0.383 e. The van der Waals surface area contributed by atoms with Gasteiger partial charge in [-0.05, 0) is 24.3 Å². The zero-order chi connectivity index (χ0) is 18.0. The van der Waals surface area contributed by atoms with Crippen molar-refractivity contribution in [3.63, 3.8) is 0 Å². The van der Waals surface area contributed by atoms with E-state index in [4.69, 9.17) is 5.73 Å². The number of nitrogens with zero attached hydrogens (tertiary/aromatic N) is 2. The van der Waals surface area contributed by atoms with Crippen molar-refractivity contribution in [3.05, 3.63) is 47.0 Å². The molecule has 0 radical (unpaired) electrons. The van der Waals surface area contributed by atoms with Gasteiger partial charge in [-0.2, -0.15) is 0 Å². The summed E-state index contributed by atoms with van der Waals surface area (Å²) in [7, 11) is 0. The summed E-state index contributed by atoms with van der Waals surface area (Å²) in [5.41, 5.74) is 7.84. The number of nitrogen functional groups attached to an aromatic ring is 1. The summed E-state index contributed by atoms with van der Waals surface area (Å²) in [6.45, 7) is 4.93. The van der Waals surface area contributed by atoms with Gasteiger partial charge in [0.05, 0.1) is 5.69 Å². The second-order valence-electron chi connectivity index (χ2n) is 7.03. The molecule has 1 fully saturated rings. The van der Waals surface area contributed by atoms with Crippen LogP contribution < -0.4 is 5.73 Å². The van der Waals surface area contributed by atoms with Crippen LogP contribution in [0.4, 0.5) is 5.13 Å². The average molecular weight is 359 g/mol. The molecule has 1 atom stereocenters. The van der Waals surface area contributed by atoms with Crippen LogP contribution in [-0.2, 0) is 10.2 Å². The van der Waals surface area contributed by atoms with Crippen LogP contribution in [0.1, 0.15) is 37.9 Å². The molecule has 1 aromatic carbocycles. The first-order chi connectivity index (χ1) is 11.9. The number of rotatable bonds is 4. The molecule has 5 nitrogen and oxygen atoms in total. The molecule has 0 aliphatic carbocycles. The molecule has 1 aliphatic heterocycles. The summed E-state index contributed by atoms with van der Waals surface area (Å²) in [4.78, 5) is 18.8. The van der Waals surface area contributed by atoms with Gasteiger partial charge in [-0.1, -0.05) is 44.2 Å². The summed E-state index contributed by atoms with van der Waals surface area (Å²) in [5, 5.41) is 12.7. The number of aliphatic hydroxyl groups excluding tert-OH is 1. The Labute approximate surface area is 152 Å². The number of carbonyl (C=O) groups excluding carboxylic acids is 1. The zero-order valence-corrected chi connectivity index (χ0v) is 15.5. The molecule has 2 aromatic rings. The highest BCUT2D eigenvalue weighted by Crippen LogP contribution is 2.42. The zero-order valence-electron chi connectivity index (χ0n) is 14.7. The molecule has 0 bridgehead atoms. The maximum absolute atomic E-state index is 12.5. The summed E-state index contributed by atoms with van der Waals surface area (Å²) < 4.78 is 0. The molecule has 1 unspecified atom stereocenters. The van der Waals surface area contributed by atoms with Gasteiger partial charge in [0.25, 0.3) is 5.91 Å². The van der Waals surface area contributed by atoms with Crippen LogP contribution in [0.25, 0.3) is 0 Å². The number of benzene rings is 1. The fraction of sp³-hybridized carbons (Fsp3) is 0.474. The SMILES string of the molecule is CC(C)C(O)C(=O)N1CCC(c2ccccc2)(c2csc(N)n2)CC1. The normalized spacial score (nSPS) is 18.3. The Hall–Kier alpha value is -1.92. The number of amides is 1. The molecule has 0 spiro atoms. The lowest BCUT2D eigenvalue weighted by Crippen LogP contribution is -2.49. The molecule has 1 amide bonds. The molecule has 3 rings (SSSR count). The number of aliphatic hydroxyl groups is 1. The molecular formula is C19H25N3O2S. The Morgan fingerprint density at radius 3 is 2.44 bits per heavy atom. The number of thiazole rings is 1. The number of likely N-dealkylation sites (tertiary alicyclic amines) is 1. The number of anilines is 1. The average Bonchev–Trinajstić information content (AvgIpc) is 3.08. The molecule has 3 N–H and O–H groups in total. The number of aromatic nitrogens is 1. The fourth-order valence-electron chi connectivity index (χ4n) is 3.54. The first-order valence-corrected chi connectivity index (χ1v) is 9.56. The van der Waals surface area contributed by atoms with Gasteiger partial charge in [-0.3, -0.25) is 4.79 Å². The van der Waals surface area contributed by atoms with Crippen molar-refractivity contribution in [2.45, 2.75) is 38.2 Å². The third-order valence-electron chi connectivity index (χ3n) is 5.15. The van der Waals surface area contributed by atoms with Gasteiger partial charge < -0.3 is 15.7 Å². The molecule has 0 saturated carbocycles. The Bertz CT molecular complexity index is 721. The van der Waals surface area contributed by atoms with E-state index in [0.717, 1.165) is 18.5 Å². The van der Waals surface area contributed by atoms with Crippen LogP contribution in [0, 0.1) is 5.92 Å². The van der Waals surface area contributed by atoms with E-state index in [2.05, 4.69) is 17.1 Å². The van der Waals surface area contributed by atoms with Crippen LogP contribution in [0.2, 0.25) is 0 Å². The molecule has 1 saturated heterocycles. The Balaban J connectivity index is 1.86. The van der Waals surface area contributed by atoms with Crippen molar-refractivity contribution in [3.8, 4) is 0 Å². The lowest BCUT2D eigenvalue weighted by Gasteiger charge is -2.42. The molecule has 1 aliphatic rings. The van der Waals surface area contributed by atoms with E-state index in [0.29, 0.717) is 18.2 Å². The van der Waals surface area contributed by atoms with E-state index in [1.165, 1.54) is 16.9 Å². The third-order valence-corrected chi connectivity index (χ3v) is 5.83. The first kappa shape index (κ1) is 17.9. The van der Waals surface area contributed by atoms with E-state index in [-0.39, 0.29) is 17.2 Å². The minimum absolute atomic E-state index is 0.0772. The topological polar surface area (TPSA) is 79.5 Å². The van der Waals surface area contributed by atoms with E-state index < -0.39 is 6.10 Å². The van der Waals surface area contributed by atoms with Gasteiger partial charge in [0.2, 0.25) is 0 Å². The van der Waals surface area contributed by atoms with Crippen LogP contribution in [-0.4, -0.2) is 40.1 Å². The first-order valence-electron chi connectivity index (χ1n) is 8.68. The van der Waals surface area contributed by atoms with Gasteiger partial charge in [0.15, 0.2) is 5.13 Å². The van der Waals surface area contributed by atoms with Crippen molar-refractivity contribution in [1.29, 1.82) is 0 Å². The molecule has 1 aromatic heterocycles. The second-order valence-corrected chi connectivity index (χ2v) is 7.92. The van der Waals surface area contributed by atoms with E-state index in [1.807, 2.05) is 37.4 Å². The Morgan fingerprint density at radius 1 is 1.28 bits per heavy atom. The maximum atomic E-state index is 12.5. The monoisotopic (exact) mass is 359 g/mol. The van der Waals surface area contributed by atoms with Gasteiger partial charge >= 0.3 is 0 Å². The van der Waals surface area contributed by atoms with Crippen LogP contribution >= 0.6 is 11.3 Å². The lowest BCUT2D eigenvalue weighted by atomic mass is 9.70. The molecule has 2 heterocycles. The van der Waals surface area contributed by atoms with Crippen LogP contribution in [0.3, 0.4) is 0 Å². The molecule has 6 heteroatoms. The van der Waals surface area contributed by atoms with E-state index in [1.54, 1.807) is 4.90 Å². The number of nitrogens with two attached hydrogens (primary N) is 1. The fourth-order valence-corrected chi connectivity index (χ4v) is 4.20. The number of hydrogen-bond donors (Lipinski definition) is 2. The number of carbonyl (C=O) groups is 1. The van der Waals surface area contributed by atoms with Gasteiger partial charge in [-0.25, -0.2) is 4.98 Å². The van der Waals surface area contributed by atoms with Crippen molar-refractivity contribution >= 4 is 22.4 Å². The summed E-state index contributed by atoms with van der Waals surface area (Å²) in [6.07, 6.45) is 0.618. The van der Waals surface area contributed by atoms with Gasteiger partial charge in [0.1, 0.15) is 6.10 Å². The summed E-state index contributed by atoms with van der Waals surface area (Å²) in [5.74, 6) is -0.249. The standard InChI is InChI=1S/C19H25N3O2S/c1-13(2)16(23)17(24)22-10-8-19(9-11-22,14-6-4-3-5-7-14)15-12-25-18(20)21-15/h3-7,12-13,16,23H,8-11H2,1-2H3,(H2,20,21). The van der Waals surface area contributed by atoms with Crippen LogP contribution in [0.15, 0.2) is 35.7 Å². The predicted molar refractivity (Wildman–Crippen MR) is 100 cm³/mol. The third kappa shape index (κ3) is 3.41. The number of piperidine rings is 1. The maximum Gasteiger partial charge on any atom is 0.251 e. The van der Waals surface area contributed by atoms with Crippen LogP contribution in [0.5, 0.6) is 0 Å². The summed E-state index contributed by atoms with van der Waals surface area (Å²) >= 11 is 1.45. The highest BCUT2D eigenvalue weighted by atomic mass is 32.1. The molecule has 25 heavy (non-hydrogen) atoms. The molecule has 134 valence electrons. The summed E-state index contributed by atoms with van der Waals surface area (Å²) in [6, 6.07) is 10.3. The van der Waals surface area contributed by atoms with Gasteiger partial charge in [-0.15, -0.1) is 11.3 Å². The quantitative estimate of drug-likeness (QED) is 0.879. The minimum Gasteiger partial charge on any atom is -0.383 e. The van der Waals surface area contributed by atoms with Crippen molar-refractivity contribution in [1.82, 2.24) is 9.88 Å². The predicted octanol–water partition coefficient (Wildman–Crippen LogP) is 2.65. The van der Waals surface area contributed by atoms with Gasteiger partial charge in [0, 0.05) is 23.9 Å². The van der Waals surface area contributed by atoms with Crippen molar-refractivity contribution in [2.75, 3.05) is 18.8 Å². The van der Waals surface area contributed by atoms with Crippen molar-refractivity contribution in [2.24, 2.45) is 5.92 Å². The second kappa shape index (κ2) is 7.14. The Morgan fingerprint density at radius 2 is 1.92 bits per heavy atom. The Kier molecular flexibility index (Phi) is 5.11. The highest BCUT2D eigenvalue weighted by molar-refractivity contribution is 7.13. The van der Waals surface area contributed by atoms with E-state index in [9.17, 15) is 9.90 Å². The van der Waals surface area contributed by atoms with E-state index >= 15 is 0 Å². The number of hydrogen-bond acceptors (Lipinski definition) is 5. The minimum atomic E-state index is -0.931. The molecular weight excluding hydrogens is 334 g/mol. The smallest absolute Gasteiger partial charge is 0.251 e.